The summed E-state index contributed by atoms with van der Waals surface area (Å²) >= 11 is 4.85. The number of amides is 1. The van der Waals surface area contributed by atoms with Gasteiger partial charge in [0.1, 0.15) is 5.58 Å². The number of fused-ring (bicyclic) bond motifs is 1. The second kappa shape index (κ2) is 6.62. The number of benzene rings is 1. The zero-order valence-corrected chi connectivity index (χ0v) is 11.9. The highest BCUT2D eigenvalue weighted by atomic mass is 32.1. The maximum absolute atomic E-state index is 11.9. The van der Waals surface area contributed by atoms with Crippen LogP contribution >= 0.6 is 12.2 Å². The van der Waals surface area contributed by atoms with Crippen LogP contribution in [0.4, 0.5) is 0 Å². The molecule has 0 spiro atoms. The summed E-state index contributed by atoms with van der Waals surface area (Å²) in [5, 5.41) is 4.85. The van der Waals surface area contributed by atoms with Crippen LogP contribution in [0.5, 0.6) is 0 Å². The lowest BCUT2D eigenvalue weighted by Crippen LogP contribution is -2.41. The van der Waals surface area contributed by atoms with Crippen molar-refractivity contribution in [2.45, 2.75) is 6.92 Å². The van der Waals surface area contributed by atoms with Crippen LogP contribution in [0, 0.1) is 0 Å². The second-order valence-corrected chi connectivity index (χ2v) is 4.42. The minimum Gasteiger partial charge on any atom is -0.422 e. The van der Waals surface area contributed by atoms with Crippen LogP contribution in [-0.2, 0) is 4.79 Å². The first-order chi connectivity index (χ1) is 10.1. The summed E-state index contributed by atoms with van der Waals surface area (Å²) in [6.45, 7) is 1.64. The third-order valence-electron chi connectivity index (χ3n) is 2.60. The number of hydrogen-bond acceptors (Lipinski definition) is 5. The number of hydrazine groups is 1. The van der Waals surface area contributed by atoms with Crippen molar-refractivity contribution in [3.63, 3.8) is 0 Å². The summed E-state index contributed by atoms with van der Waals surface area (Å²) in [4.78, 5) is 22.0. The minimum atomic E-state index is -0.485. The summed E-state index contributed by atoms with van der Waals surface area (Å²) < 4.78 is 5.21. The van der Waals surface area contributed by atoms with Gasteiger partial charge in [-0.25, -0.2) is 4.79 Å². The van der Waals surface area contributed by atoms with E-state index in [9.17, 15) is 9.59 Å². The lowest BCUT2D eigenvalue weighted by Gasteiger charge is -2.06. The standard InChI is InChI=1S/C13H12N4O3S/c1-8(15-17-13(21)16-14-7-18)10-6-9-4-2-3-5-11(9)20-12(10)19/h2-7H,1H3,(H,14,18)(H2,16,17,21)/b15-8+. The Bertz CT molecular complexity index is 769. The van der Waals surface area contributed by atoms with Crippen molar-refractivity contribution in [1.82, 2.24) is 16.3 Å². The molecule has 0 bridgehead atoms. The molecule has 0 unspecified atom stereocenters. The van der Waals surface area contributed by atoms with Gasteiger partial charge >= 0.3 is 5.63 Å². The first-order valence-corrected chi connectivity index (χ1v) is 6.35. The van der Waals surface area contributed by atoms with Gasteiger partial charge in [-0.15, -0.1) is 0 Å². The molecular formula is C13H12N4O3S. The molecule has 0 aliphatic heterocycles. The van der Waals surface area contributed by atoms with Gasteiger partial charge in [0.25, 0.3) is 0 Å². The number of hydrazone groups is 1. The first kappa shape index (κ1) is 14.7. The van der Waals surface area contributed by atoms with Gasteiger partial charge in [0, 0.05) is 5.39 Å². The number of thiocarbonyl (C=S) groups is 1. The van der Waals surface area contributed by atoms with Crippen LogP contribution in [0.1, 0.15) is 12.5 Å². The van der Waals surface area contributed by atoms with Gasteiger partial charge in [-0.1, -0.05) is 18.2 Å². The van der Waals surface area contributed by atoms with Crippen molar-refractivity contribution in [2.24, 2.45) is 5.10 Å². The molecule has 21 heavy (non-hydrogen) atoms. The topological polar surface area (TPSA) is 95.7 Å². The monoisotopic (exact) mass is 304 g/mol. The fourth-order valence-electron chi connectivity index (χ4n) is 1.63. The molecule has 0 aliphatic carbocycles. The molecule has 0 atom stereocenters. The van der Waals surface area contributed by atoms with Crippen LogP contribution in [0.15, 0.2) is 44.6 Å². The molecule has 2 rings (SSSR count). The van der Waals surface area contributed by atoms with Crippen molar-refractivity contribution in [1.29, 1.82) is 0 Å². The van der Waals surface area contributed by atoms with Crippen molar-refractivity contribution in [2.75, 3.05) is 0 Å². The van der Waals surface area contributed by atoms with Crippen LogP contribution in [0.2, 0.25) is 0 Å². The van der Waals surface area contributed by atoms with E-state index in [1.165, 1.54) is 0 Å². The van der Waals surface area contributed by atoms with Gasteiger partial charge in [0.15, 0.2) is 0 Å². The predicted octanol–water partition coefficient (Wildman–Crippen LogP) is 0.642. The predicted molar refractivity (Wildman–Crippen MR) is 82.8 cm³/mol. The lowest BCUT2D eigenvalue weighted by atomic mass is 10.1. The molecular weight excluding hydrogens is 292 g/mol. The molecule has 1 aromatic carbocycles. The number of rotatable bonds is 4. The summed E-state index contributed by atoms with van der Waals surface area (Å²) in [5.41, 5.74) is 7.80. The molecule has 0 fully saturated rings. The minimum absolute atomic E-state index is 0.0895. The van der Waals surface area contributed by atoms with Crippen LogP contribution in [0.3, 0.4) is 0 Å². The third-order valence-corrected chi connectivity index (χ3v) is 2.79. The average Bonchev–Trinajstić information content (AvgIpc) is 2.49. The number of para-hydroxylation sites is 1. The number of nitrogens with zero attached hydrogens (tertiary/aromatic N) is 1. The third kappa shape index (κ3) is 3.63. The number of carbonyl (C=O) groups is 1. The van der Waals surface area contributed by atoms with Crippen LogP contribution in [-0.4, -0.2) is 17.2 Å². The Hall–Kier alpha value is -2.74. The molecule has 0 radical (unpaired) electrons. The van der Waals surface area contributed by atoms with E-state index in [0.29, 0.717) is 23.3 Å². The van der Waals surface area contributed by atoms with Crippen molar-refractivity contribution in [3.8, 4) is 0 Å². The fourth-order valence-corrected chi connectivity index (χ4v) is 1.74. The normalized spacial score (nSPS) is 11.0. The van der Waals surface area contributed by atoms with Gasteiger partial charge in [-0.3, -0.25) is 21.1 Å². The Labute approximate surface area is 125 Å². The van der Waals surface area contributed by atoms with Crippen molar-refractivity contribution < 1.29 is 9.21 Å². The van der Waals surface area contributed by atoms with E-state index in [2.05, 4.69) is 21.4 Å². The fraction of sp³-hybridized carbons (Fsp3) is 0.0769. The number of carbonyl (C=O) groups excluding carboxylic acids is 1. The Morgan fingerprint density at radius 3 is 2.90 bits per heavy atom. The molecule has 108 valence electrons. The van der Waals surface area contributed by atoms with Gasteiger partial charge < -0.3 is 4.42 Å². The van der Waals surface area contributed by atoms with E-state index in [1.807, 2.05) is 12.1 Å². The van der Waals surface area contributed by atoms with Crippen LogP contribution in [0.25, 0.3) is 11.0 Å². The highest BCUT2D eigenvalue weighted by Gasteiger charge is 2.08. The summed E-state index contributed by atoms with van der Waals surface area (Å²) in [5.74, 6) is 0. The molecule has 1 aromatic heterocycles. The molecule has 0 aliphatic rings. The maximum atomic E-state index is 11.9. The molecule has 7 nitrogen and oxygen atoms in total. The Kier molecular flexibility index (Phi) is 4.62. The zero-order valence-electron chi connectivity index (χ0n) is 11.0. The highest BCUT2D eigenvalue weighted by Crippen LogP contribution is 2.12. The largest absolute Gasteiger partial charge is 0.422 e. The summed E-state index contributed by atoms with van der Waals surface area (Å²) in [6, 6.07) is 8.89. The molecule has 0 saturated carbocycles. The van der Waals surface area contributed by atoms with Gasteiger partial charge in [-0.2, -0.15) is 5.10 Å². The average molecular weight is 304 g/mol. The first-order valence-electron chi connectivity index (χ1n) is 5.94. The molecule has 2 aromatic rings. The number of hydrogen-bond donors (Lipinski definition) is 3. The second-order valence-electron chi connectivity index (χ2n) is 4.01. The van der Waals surface area contributed by atoms with E-state index in [0.717, 1.165) is 5.39 Å². The molecule has 8 heteroatoms. The Morgan fingerprint density at radius 1 is 1.38 bits per heavy atom. The molecule has 1 amide bonds. The molecule has 0 saturated heterocycles. The Morgan fingerprint density at radius 2 is 2.14 bits per heavy atom. The van der Waals surface area contributed by atoms with Crippen molar-refractivity contribution >= 4 is 40.4 Å². The number of nitrogens with one attached hydrogen (secondary N) is 3. The van der Waals surface area contributed by atoms with Gasteiger partial charge in [-0.05, 0) is 31.3 Å². The highest BCUT2D eigenvalue weighted by molar-refractivity contribution is 7.80. The van der Waals surface area contributed by atoms with E-state index in [1.54, 1.807) is 25.1 Å². The Balaban J connectivity index is 2.24. The summed E-state index contributed by atoms with van der Waals surface area (Å²) in [7, 11) is 0. The van der Waals surface area contributed by atoms with E-state index in [-0.39, 0.29) is 5.11 Å². The quantitative estimate of drug-likeness (QED) is 0.252. The lowest BCUT2D eigenvalue weighted by molar-refractivity contribution is -0.110. The van der Waals surface area contributed by atoms with Crippen LogP contribution < -0.4 is 21.9 Å². The maximum Gasteiger partial charge on any atom is 0.345 e. The van der Waals surface area contributed by atoms with Crippen molar-refractivity contribution in [3.05, 3.63) is 46.3 Å². The van der Waals surface area contributed by atoms with E-state index >= 15 is 0 Å². The molecule has 1 heterocycles. The SMILES string of the molecule is C/C(=N\NC(=S)NNC=O)c1cc2ccccc2oc1=O. The van der Waals surface area contributed by atoms with E-state index in [4.69, 9.17) is 16.6 Å². The van der Waals surface area contributed by atoms with Gasteiger partial charge in [0.05, 0.1) is 11.3 Å². The summed E-state index contributed by atoms with van der Waals surface area (Å²) in [6.07, 6.45) is 0.433. The van der Waals surface area contributed by atoms with Gasteiger partial charge in [0.2, 0.25) is 11.5 Å². The molecule has 3 N–H and O–H groups in total. The van der Waals surface area contributed by atoms with E-state index < -0.39 is 5.63 Å². The smallest absolute Gasteiger partial charge is 0.345 e. The zero-order chi connectivity index (χ0) is 15.2.